The van der Waals surface area contributed by atoms with E-state index in [0.29, 0.717) is 22.7 Å². The number of rotatable bonds is 8. The second kappa shape index (κ2) is 8.13. The Hall–Kier alpha value is -0.423. The van der Waals surface area contributed by atoms with Crippen LogP contribution in [0.1, 0.15) is 48.5 Å². The predicted molar refractivity (Wildman–Crippen MR) is 83.4 cm³/mol. The number of aliphatic hydroxyl groups is 1. The lowest BCUT2D eigenvalue weighted by Gasteiger charge is -2.44. The van der Waals surface area contributed by atoms with Crippen LogP contribution in [0.3, 0.4) is 0 Å². The van der Waals surface area contributed by atoms with Gasteiger partial charge in [0.25, 0.3) is 0 Å². The molecule has 1 N–H and O–H groups in total. The molecule has 0 fully saturated rings. The zero-order valence-corrected chi connectivity index (χ0v) is 14.9. The van der Waals surface area contributed by atoms with Gasteiger partial charge >= 0.3 is 5.97 Å². The third kappa shape index (κ3) is 4.84. The molecule has 0 aliphatic carbocycles. The summed E-state index contributed by atoms with van der Waals surface area (Å²) in [5, 5.41) is 10.2. The molecule has 3 nitrogen and oxygen atoms in total. The van der Waals surface area contributed by atoms with Crippen molar-refractivity contribution in [3.8, 4) is 0 Å². The molecule has 120 valence electrons. The summed E-state index contributed by atoms with van der Waals surface area (Å²) in [6.45, 7) is 14.0. The molecule has 0 amide bonds. The van der Waals surface area contributed by atoms with Gasteiger partial charge in [0, 0.05) is 6.92 Å². The minimum absolute atomic E-state index is 0.352. The summed E-state index contributed by atoms with van der Waals surface area (Å²) in [6.07, 6.45) is -2.55. The van der Waals surface area contributed by atoms with Gasteiger partial charge in [-0.25, -0.2) is 4.39 Å². The Balaban J connectivity index is 4.94. The number of carbonyl (C=O) groups excluding carboxylic acids is 1. The number of esters is 1. The lowest BCUT2D eigenvalue weighted by molar-refractivity contribution is -0.143. The Kier molecular flexibility index (Phi) is 7.95. The van der Waals surface area contributed by atoms with Crippen LogP contribution in [-0.4, -0.2) is 38.0 Å². The molecule has 0 aliphatic heterocycles. The molecule has 0 aromatic carbocycles. The van der Waals surface area contributed by atoms with Gasteiger partial charge in [-0.1, -0.05) is 58.2 Å². The quantitative estimate of drug-likeness (QED) is 0.546. The first-order chi connectivity index (χ1) is 9.05. The smallest absolute Gasteiger partial charge is 0.302 e. The molecule has 0 radical (unpaired) electrons. The predicted octanol–water partition coefficient (Wildman–Crippen LogP) is 3.93. The van der Waals surface area contributed by atoms with E-state index in [1.165, 1.54) is 6.92 Å². The molecule has 20 heavy (non-hydrogen) atoms. The van der Waals surface area contributed by atoms with Crippen molar-refractivity contribution in [2.24, 2.45) is 0 Å². The molecule has 0 bridgehead atoms. The second-order valence-electron chi connectivity index (χ2n) is 6.67. The maximum Gasteiger partial charge on any atom is 0.302 e. The minimum Gasteiger partial charge on any atom is -0.463 e. The van der Waals surface area contributed by atoms with Crippen LogP contribution in [0.15, 0.2) is 0 Å². The van der Waals surface area contributed by atoms with Gasteiger partial charge in [-0.2, -0.15) is 0 Å². The normalized spacial score (nSPS) is 15.8. The summed E-state index contributed by atoms with van der Waals surface area (Å²) in [5.74, 6) is -0.514. The first-order valence-electron chi connectivity index (χ1n) is 7.51. The van der Waals surface area contributed by atoms with E-state index in [1.54, 1.807) is 0 Å². The van der Waals surface area contributed by atoms with E-state index in [-0.39, 0.29) is 6.61 Å². The molecular formula is C15H31FO3Si. The van der Waals surface area contributed by atoms with Gasteiger partial charge < -0.3 is 9.84 Å². The Morgan fingerprint density at radius 2 is 1.50 bits per heavy atom. The van der Waals surface area contributed by atoms with Crippen molar-refractivity contribution in [1.82, 2.24) is 0 Å². The molecule has 0 saturated heterocycles. The average Bonchev–Trinajstić information content (AvgIpc) is 2.30. The summed E-state index contributed by atoms with van der Waals surface area (Å²) >= 11 is 0. The molecular weight excluding hydrogens is 275 g/mol. The van der Waals surface area contributed by atoms with Gasteiger partial charge in [0.1, 0.15) is 6.61 Å². The van der Waals surface area contributed by atoms with Crippen molar-refractivity contribution in [1.29, 1.82) is 0 Å². The lowest BCUT2D eigenvalue weighted by Crippen LogP contribution is -2.49. The number of aliphatic hydroxyl groups excluding tert-OH is 1. The highest BCUT2D eigenvalue weighted by molar-refractivity contribution is 6.83. The third-order valence-corrected chi connectivity index (χ3v) is 12.2. The molecule has 2 unspecified atom stereocenters. The number of ether oxygens (including phenoxy) is 1. The zero-order valence-electron chi connectivity index (χ0n) is 13.9. The van der Waals surface area contributed by atoms with E-state index in [9.17, 15) is 14.3 Å². The Labute approximate surface area is 123 Å². The van der Waals surface area contributed by atoms with E-state index >= 15 is 0 Å². The minimum atomic E-state index is -1.84. The van der Waals surface area contributed by atoms with Gasteiger partial charge in [0.2, 0.25) is 0 Å². The summed E-state index contributed by atoms with van der Waals surface area (Å²) < 4.78 is 18.6. The summed E-state index contributed by atoms with van der Waals surface area (Å²) in [4.78, 5) is 10.7. The van der Waals surface area contributed by atoms with E-state index in [4.69, 9.17) is 0 Å². The first kappa shape index (κ1) is 19.6. The number of halogens is 1. The maximum atomic E-state index is 14.0. The highest BCUT2D eigenvalue weighted by Gasteiger charge is 2.45. The van der Waals surface area contributed by atoms with Crippen LogP contribution in [0.4, 0.5) is 4.39 Å². The summed E-state index contributed by atoms with van der Waals surface area (Å²) in [5.41, 5.74) is 1.41. The van der Waals surface area contributed by atoms with E-state index in [1.807, 2.05) is 0 Å². The number of hydrogen-bond donors (Lipinski definition) is 1. The standard InChI is InChI=1S/C15H31FO3Si/c1-10(2)20(11(3)4,12(5)6)9-15(18)14(16)8-19-13(7)17/h10-12,14-15,18H,8-9H2,1-7H3. The van der Waals surface area contributed by atoms with Crippen molar-refractivity contribution in [2.45, 2.75) is 83.4 Å². The van der Waals surface area contributed by atoms with E-state index in [2.05, 4.69) is 46.3 Å². The van der Waals surface area contributed by atoms with E-state index in [0.717, 1.165) is 0 Å². The van der Waals surface area contributed by atoms with Crippen LogP contribution >= 0.6 is 0 Å². The fourth-order valence-electron chi connectivity index (χ4n) is 3.51. The van der Waals surface area contributed by atoms with Gasteiger partial charge in [0.15, 0.2) is 6.17 Å². The largest absolute Gasteiger partial charge is 0.463 e. The monoisotopic (exact) mass is 306 g/mol. The van der Waals surface area contributed by atoms with Crippen LogP contribution in [0.25, 0.3) is 0 Å². The third-order valence-electron chi connectivity index (χ3n) is 4.65. The zero-order chi connectivity index (χ0) is 16.1. The number of alkyl halides is 1. The Morgan fingerprint density at radius 1 is 1.10 bits per heavy atom. The highest BCUT2D eigenvalue weighted by Crippen LogP contribution is 2.45. The van der Waals surface area contributed by atoms with Gasteiger partial charge in [-0.05, 0) is 6.04 Å². The molecule has 0 saturated carbocycles. The van der Waals surface area contributed by atoms with Crippen molar-refractivity contribution in [2.75, 3.05) is 6.61 Å². The highest BCUT2D eigenvalue weighted by atomic mass is 28.3. The van der Waals surface area contributed by atoms with Crippen molar-refractivity contribution < 1.29 is 19.0 Å². The van der Waals surface area contributed by atoms with Crippen LogP contribution in [-0.2, 0) is 9.53 Å². The summed E-state index contributed by atoms with van der Waals surface area (Å²) in [7, 11) is -1.84. The first-order valence-corrected chi connectivity index (χ1v) is 9.95. The molecule has 0 aliphatic rings. The van der Waals surface area contributed by atoms with Crippen LogP contribution in [0, 0.1) is 0 Å². The summed E-state index contributed by atoms with van der Waals surface area (Å²) in [6, 6.07) is 0.516. The average molecular weight is 306 g/mol. The SMILES string of the molecule is CC(=O)OCC(F)C(O)C[Si](C(C)C)(C(C)C)C(C)C. The van der Waals surface area contributed by atoms with Crippen LogP contribution < -0.4 is 0 Å². The van der Waals surface area contributed by atoms with Crippen LogP contribution in [0.5, 0.6) is 0 Å². The molecule has 0 aromatic rings. The number of hydrogen-bond acceptors (Lipinski definition) is 3. The van der Waals surface area contributed by atoms with Crippen LogP contribution in [0.2, 0.25) is 22.7 Å². The lowest BCUT2D eigenvalue weighted by atomic mass is 10.2. The van der Waals surface area contributed by atoms with E-state index < -0.39 is 26.3 Å². The molecule has 0 aromatic heterocycles. The molecule has 0 rings (SSSR count). The van der Waals surface area contributed by atoms with Gasteiger partial charge in [-0.3, -0.25) is 4.79 Å². The van der Waals surface area contributed by atoms with Gasteiger partial charge in [0.05, 0.1) is 14.2 Å². The Bertz CT molecular complexity index is 284. The fourth-order valence-corrected chi connectivity index (χ4v) is 9.90. The molecule has 0 spiro atoms. The van der Waals surface area contributed by atoms with Crippen molar-refractivity contribution in [3.63, 3.8) is 0 Å². The maximum absolute atomic E-state index is 14.0. The van der Waals surface area contributed by atoms with Gasteiger partial charge in [-0.15, -0.1) is 0 Å². The molecule has 2 atom stereocenters. The second-order valence-corrected chi connectivity index (χ2v) is 12.8. The number of carbonyl (C=O) groups is 1. The topological polar surface area (TPSA) is 46.5 Å². The van der Waals surface area contributed by atoms with Crippen molar-refractivity contribution >= 4 is 14.0 Å². The molecule has 5 heteroatoms. The Morgan fingerprint density at radius 3 is 1.80 bits per heavy atom. The van der Waals surface area contributed by atoms with Crippen molar-refractivity contribution in [3.05, 3.63) is 0 Å². The molecule has 0 heterocycles. The fraction of sp³-hybridized carbons (Fsp3) is 0.933.